The molecular formula is C17H19NO3. The van der Waals surface area contributed by atoms with Crippen molar-refractivity contribution < 1.29 is 14.3 Å². The van der Waals surface area contributed by atoms with Crippen LogP contribution in [-0.4, -0.2) is 26.7 Å². The van der Waals surface area contributed by atoms with E-state index in [0.29, 0.717) is 5.75 Å². The second-order valence-electron chi connectivity index (χ2n) is 4.83. The molecule has 0 heterocycles. The third kappa shape index (κ3) is 4.84. The lowest BCUT2D eigenvalue weighted by atomic mass is 10.2. The van der Waals surface area contributed by atoms with Gasteiger partial charge in [0.25, 0.3) is 0 Å². The number of esters is 1. The summed E-state index contributed by atoms with van der Waals surface area (Å²) in [5, 5.41) is 0. The molecule has 0 aliphatic heterocycles. The molecule has 0 aromatic heterocycles. The molecule has 0 bridgehead atoms. The van der Waals surface area contributed by atoms with Crippen molar-refractivity contribution in [3.8, 4) is 5.75 Å². The molecule has 21 heavy (non-hydrogen) atoms. The van der Waals surface area contributed by atoms with Crippen molar-refractivity contribution in [2.24, 2.45) is 0 Å². The Hall–Kier alpha value is -2.49. The fourth-order valence-electron chi connectivity index (χ4n) is 1.77. The normalized spacial score (nSPS) is 10.0. The van der Waals surface area contributed by atoms with Gasteiger partial charge in [-0.2, -0.15) is 0 Å². The number of carbonyl (C=O) groups is 1. The van der Waals surface area contributed by atoms with Gasteiger partial charge in [-0.1, -0.05) is 36.4 Å². The third-order valence-corrected chi connectivity index (χ3v) is 2.93. The number of hydrogen-bond acceptors (Lipinski definition) is 4. The van der Waals surface area contributed by atoms with Gasteiger partial charge in [0.1, 0.15) is 12.4 Å². The average molecular weight is 285 g/mol. The van der Waals surface area contributed by atoms with Gasteiger partial charge >= 0.3 is 5.97 Å². The number of hydrogen-bond donors (Lipinski definition) is 0. The second kappa shape index (κ2) is 7.33. The van der Waals surface area contributed by atoms with Crippen molar-refractivity contribution >= 4 is 11.7 Å². The highest BCUT2D eigenvalue weighted by atomic mass is 16.6. The number of rotatable bonds is 6. The maximum Gasteiger partial charge on any atom is 0.344 e. The van der Waals surface area contributed by atoms with E-state index >= 15 is 0 Å². The Bertz CT molecular complexity index is 582. The van der Waals surface area contributed by atoms with Crippen LogP contribution in [-0.2, 0) is 16.1 Å². The Morgan fingerprint density at radius 3 is 2.52 bits per heavy atom. The first kappa shape index (κ1) is 14.9. The molecule has 4 nitrogen and oxygen atoms in total. The van der Waals surface area contributed by atoms with E-state index in [9.17, 15) is 4.79 Å². The molecular weight excluding hydrogens is 266 g/mol. The summed E-state index contributed by atoms with van der Waals surface area (Å²) in [5.41, 5.74) is 1.98. The molecule has 0 amide bonds. The fraction of sp³-hybridized carbons (Fsp3) is 0.235. The number of ether oxygens (including phenoxy) is 2. The van der Waals surface area contributed by atoms with Crippen LogP contribution in [0.1, 0.15) is 5.56 Å². The topological polar surface area (TPSA) is 38.8 Å². The van der Waals surface area contributed by atoms with Gasteiger partial charge in [0.2, 0.25) is 0 Å². The number of nitrogens with zero attached hydrogens (tertiary/aromatic N) is 1. The smallest absolute Gasteiger partial charge is 0.344 e. The lowest BCUT2D eigenvalue weighted by molar-refractivity contribution is -0.147. The van der Waals surface area contributed by atoms with E-state index in [2.05, 4.69) is 0 Å². The summed E-state index contributed by atoms with van der Waals surface area (Å²) in [6, 6.07) is 17.1. The van der Waals surface area contributed by atoms with Crippen LogP contribution >= 0.6 is 0 Å². The van der Waals surface area contributed by atoms with Crippen molar-refractivity contribution in [3.05, 3.63) is 60.2 Å². The zero-order chi connectivity index (χ0) is 15.1. The van der Waals surface area contributed by atoms with E-state index in [0.717, 1.165) is 11.3 Å². The van der Waals surface area contributed by atoms with Crippen molar-refractivity contribution in [2.45, 2.75) is 6.61 Å². The van der Waals surface area contributed by atoms with Gasteiger partial charge < -0.3 is 14.4 Å². The molecule has 4 heteroatoms. The van der Waals surface area contributed by atoms with Crippen LogP contribution in [0.5, 0.6) is 5.75 Å². The molecule has 0 radical (unpaired) electrons. The Morgan fingerprint density at radius 2 is 1.81 bits per heavy atom. The molecule has 110 valence electrons. The van der Waals surface area contributed by atoms with Crippen molar-refractivity contribution in [3.63, 3.8) is 0 Å². The predicted molar refractivity (Wildman–Crippen MR) is 82.5 cm³/mol. The summed E-state index contributed by atoms with van der Waals surface area (Å²) in [4.78, 5) is 13.6. The largest absolute Gasteiger partial charge is 0.482 e. The Labute approximate surface area is 124 Å². The lowest BCUT2D eigenvalue weighted by Gasteiger charge is -2.13. The monoisotopic (exact) mass is 285 g/mol. The third-order valence-electron chi connectivity index (χ3n) is 2.93. The highest BCUT2D eigenvalue weighted by molar-refractivity contribution is 5.71. The van der Waals surface area contributed by atoms with Crippen LogP contribution in [0.4, 0.5) is 5.69 Å². The lowest BCUT2D eigenvalue weighted by Crippen LogP contribution is -2.15. The van der Waals surface area contributed by atoms with Gasteiger partial charge in [-0.15, -0.1) is 0 Å². The maximum atomic E-state index is 11.7. The van der Waals surface area contributed by atoms with Gasteiger partial charge in [0.05, 0.1) is 0 Å². The first-order valence-corrected chi connectivity index (χ1v) is 6.75. The Balaban J connectivity index is 1.80. The average Bonchev–Trinajstić information content (AvgIpc) is 2.52. The SMILES string of the molecule is CN(C)c1cccc(OCC(=O)OCc2ccccc2)c1. The standard InChI is InChI=1S/C17H19NO3/c1-18(2)15-9-6-10-16(11-15)20-13-17(19)21-12-14-7-4-3-5-8-14/h3-11H,12-13H2,1-2H3. The van der Waals surface area contributed by atoms with Crippen LogP contribution in [0.2, 0.25) is 0 Å². The van der Waals surface area contributed by atoms with Crippen molar-refractivity contribution in [1.29, 1.82) is 0 Å². The molecule has 0 saturated carbocycles. The first-order valence-electron chi connectivity index (χ1n) is 6.75. The van der Waals surface area contributed by atoms with Gasteiger partial charge in [-0.3, -0.25) is 0 Å². The summed E-state index contributed by atoms with van der Waals surface area (Å²) in [5.74, 6) is 0.270. The van der Waals surface area contributed by atoms with Gasteiger partial charge in [0.15, 0.2) is 6.61 Å². The quantitative estimate of drug-likeness (QED) is 0.765. The van der Waals surface area contributed by atoms with Gasteiger partial charge in [-0.05, 0) is 17.7 Å². The highest BCUT2D eigenvalue weighted by Gasteiger charge is 2.05. The molecule has 2 aromatic rings. The van der Waals surface area contributed by atoms with Gasteiger partial charge in [-0.25, -0.2) is 4.79 Å². The summed E-state index contributed by atoms with van der Waals surface area (Å²) in [7, 11) is 3.90. The van der Waals surface area contributed by atoms with E-state index in [1.165, 1.54) is 0 Å². The van der Waals surface area contributed by atoms with Crippen LogP contribution in [0.15, 0.2) is 54.6 Å². The fourth-order valence-corrected chi connectivity index (χ4v) is 1.77. The molecule has 0 aliphatic carbocycles. The maximum absolute atomic E-state index is 11.7. The van der Waals surface area contributed by atoms with E-state index in [4.69, 9.17) is 9.47 Å². The minimum Gasteiger partial charge on any atom is -0.482 e. The number of benzene rings is 2. The van der Waals surface area contributed by atoms with E-state index < -0.39 is 0 Å². The zero-order valence-electron chi connectivity index (χ0n) is 12.3. The molecule has 0 unspecified atom stereocenters. The van der Waals surface area contributed by atoms with E-state index in [1.807, 2.05) is 73.6 Å². The molecule has 0 N–H and O–H groups in total. The molecule has 0 saturated heterocycles. The molecule has 0 atom stereocenters. The predicted octanol–water partition coefficient (Wildman–Crippen LogP) is 2.87. The summed E-state index contributed by atoms with van der Waals surface area (Å²) >= 11 is 0. The zero-order valence-corrected chi connectivity index (χ0v) is 12.3. The molecule has 0 aliphatic rings. The Kier molecular flexibility index (Phi) is 5.21. The van der Waals surface area contributed by atoms with Crippen molar-refractivity contribution in [1.82, 2.24) is 0 Å². The van der Waals surface area contributed by atoms with Crippen LogP contribution in [0.25, 0.3) is 0 Å². The highest BCUT2D eigenvalue weighted by Crippen LogP contribution is 2.19. The van der Waals surface area contributed by atoms with Crippen molar-refractivity contribution in [2.75, 3.05) is 25.6 Å². The minimum atomic E-state index is -0.380. The molecule has 0 fully saturated rings. The molecule has 2 aromatic carbocycles. The summed E-state index contributed by atoms with van der Waals surface area (Å²) in [6.07, 6.45) is 0. The Morgan fingerprint density at radius 1 is 1.05 bits per heavy atom. The second-order valence-corrected chi connectivity index (χ2v) is 4.83. The number of anilines is 1. The minimum absolute atomic E-state index is 0.0935. The van der Waals surface area contributed by atoms with Crippen LogP contribution < -0.4 is 9.64 Å². The molecule has 0 spiro atoms. The van der Waals surface area contributed by atoms with Crippen LogP contribution in [0, 0.1) is 0 Å². The number of carbonyl (C=O) groups excluding carboxylic acids is 1. The van der Waals surface area contributed by atoms with E-state index in [-0.39, 0.29) is 19.2 Å². The molecule has 2 rings (SSSR count). The van der Waals surface area contributed by atoms with Crippen LogP contribution in [0.3, 0.4) is 0 Å². The summed E-state index contributed by atoms with van der Waals surface area (Å²) in [6.45, 7) is 0.171. The summed E-state index contributed by atoms with van der Waals surface area (Å²) < 4.78 is 10.6. The van der Waals surface area contributed by atoms with E-state index in [1.54, 1.807) is 0 Å². The first-order chi connectivity index (χ1) is 10.1. The van der Waals surface area contributed by atoms with Gasteiger partial charge in [0, 0.05) is 25.8 Å².